The van der Waals surface area contributed by atoms with Gasteiger partial charge in [0.15, 0.2) is 0 Å². The van der Waals surface area contributed by atoms with Crippen LogP contribution >= 0.6 is 0 Å². The van der Waals surface area contributed by atoms with Crippen LogP contribution in [0.15, 0.2) is 18.2 Å². The maximum atomic E-state index is 12.6. The van der Waals surface area contributed by atoms with E-state index in [1.165, 1.54) is 19.2 Å². The monoisotopic (exact) mass is 271 g/mol. The number of phenols is 1. The number of carbonyl (C=O) groups is 1. The van der Waals surface area contributed by atoms with E-state index in [1.807, 2.05) is 0 Å². The molecule has 0 unspecified atom stereocenters. The van der Waals surface area contributed by atoms with E-state index in [0.29, 0.717) is 11.3 Å². The van der Waals surface area contributed by atoms with Gasteiger partial charge in [0.25, 0.3) is 5.92 Å². The topological polar surface area (TPSA) is 58.6 Å². The Morgan fingerprint density at radius 3 is 2.79 bits per heavy atom. The third kappa shape index (κ3) is 3.33. The van der Waals surface area contributed by atoms with Gasteiger partial charge in [0.1, 0.15) is 11.5 Å². The fourth-order valence-corrected chi connectivity index (χ4v) is 2.12. The van der Waals surface area contributed by atoms with E-state index in [0.717, 1.165) is 0 Å². The molecule has 19 heavy (non-hydrogen) atoms. The summed E-state index contributed by atoms with van der Waals surface area (Å²) in [6.07, 6.45) is -0.633. The molecule has 1 saturated carbocycles. The number of methoxy groups -OCH3 is 1. The van der Waals surface area contributed by atoms with E-state index < -0.39 is 12.0 Å². The van der Waals surface area contributed by atoms with Gasteiger partial charge in [0.05, 0.1) is 13.5 Å². The molecule has 0 heterocycles. The molecule has 2 N–H and O–H groups in total. The largest absolute Gasteiger partial charge is 0.508 e. The standard InChI is InChI=1S/C13H15F2NO3/c1-19-11-3-2-10(17)4-8(11)5-12(18)16-9-6-13(14,15)7-9/h2-4,9,17H,5-7H2,1H3,(H,16,18). The van der Waals surface area contributed by atoms with E-state index in [9.17, 15) is 18.7 Å². The molecule has 1 fully saturated rings. The number of rotatable bonds is 4. The molecule has 6 heteroatoms. The van der Waals surface area contributed by atoms with Crippen LogP contribution in [0.3, 0.4) is 0 Å². The minimum absolute atomic E-state index is 0.0142. The average molecular weight is 271 g/mol. The molecule has 0 aromatic heterocycles. The van der Waals surface area contributed by atoms with E-state index in [4.69, 9.17) is 4.74 Å². The molecule has 1 aromatic carbocycles. The summed E-state index contributed by atoms with van der Waals surface area (Å²) in [5.41, 5.74) is 0.520. The van der Waals surface area contributed by atoms with Crippen LogP contribution in [0.1, 0.15) is 18.4 Å². The summed E-state index contributed by atoms with van der Waals surface area (Å²) in [6, 6.07) is 3.96. The second kappa shape index (κ2) is 5.03. The quantitative estimate of drug-likeness (QED) is 0.878. The fraction of sp³-hybridized carbons (Fsp3) is 0.462. The van der Waals surface area contributed by atoms with Crippen LogP contribution < -0.4 is 10.1 Å². The molecule has 1 amide bonds. The number of hydrogen-bond donors (Lipinski definition) is 2. The third-order valence-corrected chi connectivity index (χ3v) is 3.07. The minimum Gasteiger partial charge on any atom is -0.508 e. The number of alkyl halides is 2. The Hall–Kier alpha value is -1.85. The molecule has 0 saturated heterocycles. The van der Waals surface area contributed by atoms with Gasteiger partial charge in [-0.15, -0.1) is 0 Å². The lowest BCUT2D eigenvalue weighted by Gasteiger charge is -2.35. The molecule has 0 radical (unpaired) electrons. The lowest BCUT2D eigenvalue weighted by Crippen LogP contribution is -2.50. The van der Waals surface area contributed by atoms with Gasteiger partial charge in [0.2, 0.25) is 5.91 Å². The number of aromatic hydroxyl groups is 1. The van der Waals surface area contributed by atoms with Crippen molar-refractivity contribution < 1.29 is 23.4 Å². The van der Waals surface area contributed by atoms with E-state index >= 15 is 0 Å². The van der Waals surface area contributed by atoms with E-state index in [2.05, 4.69) is 5.32 Å². The van der Waals surface area contributed by atoms with Crippen molar-refractivity contribution in [2.24, 2.45) is 0 Å². The highest BCUT2D eigenvalue weighted by Gasteiger charge is 2.45. The molecular formula is C13H15F2NO3. The molecule has 0 bridgehead atoms. The zero-order valence-electron chi connectivity index (χ0n) is 10.5. The Labute approximate surface area is 109 Å². The van der Waals surface area contributed by atoms with Gasteiger partial charge in [-0.05, 0) is 18.2 Å². The Morgan fingerprint density at radius 1 is 1.53 bits per heavy atom. The maximum absolute atomic E-state index is 12.6. The van der Waals surface area contributed by atoms with Gasteiger partial charge in [-0.3, -0.25) is 4.79 Å². The van der Waals surface area contributed by atoms with Crippen LogP contribution in [-0.2, 0) is 11.2 Å². The third-order valence-electron chi connectivity index (χ3n) is 3.07. The molecule has 1 aromatic rings. The minimum atomic E-state index is -2.65. The number of ether oxygens (including phenoxy) is 1. The lowest BCUT2D eigenvalue weighted by molar-refractivity contribution is -0.128. The second-order valence-electron chi connectivity index (χ2n) is 4.70. The number of carbonyl (C=O) groups excluding carboxylic acids is 1. The van der Waals surface area contributed by atoms with Crippen molar-refractivity contribution in [3.05, 3.63) is 23.8 Å². The Morgan fingerprint density at radius 2 is 2.21 bits per heavy atom. The molecular weight excluding hydrogens is 256 g/mol. The van der Waals surface area contributed by atoms with Gasteiger partial charge in [-0.1, -0.05) is 0 Å². The van der Waals surface area contributed by atoms with E-state index in [-0.39, 0.29) is 30.9 Å². The predicted octanol–water partition coefficient (Wildman–Crippen LogP) is 1.86. The van der Waals surface area contributed by atoms with Gasteiger partial charge < -0.3 is 15.2 Å². The maximum Gasteiger partial charge on any atom is 0.252 e. The Kier molecular flexibility index (Phi) is 3.59. The zero-order chi connectivity index (χ0) is 14.0. The summed E-state index contributed by atoms with van der Waals surface area (Å²) in [4.78, 5) is 11.7. The number of nitrogens with one attached hydrogen (secondary N) is 1. The summed E-state index contributed by atoms with van der Waals surface area (Å²) in [6.45, 7) is 0. The molecule has 104 valence electrons. The molecule has 4 nitrogen and oxygen atoms in total. The Bertz CT molecular complexity index is 483. The van der Waals surface area contributed by atoms with Crippen molar-refractivity contribution in [1.82, 2.24) is 5.32 Å². The highest BCUT2D eigenvalue weighted by atomic mass is 19.3. The van der Waals surface area contributed by atoms with Crippen LogP contribution in [0, 0.1) is 0 Å². The van der Waals surface area contributed by atoms with Gasteiger partial charge in [-0.2, -0.15) is 0 Å². The highest BCUT2D eigenvalue weighted by molar-refractivity contribution is 5.80. The predicted molar refractivity (Wildman–Crippen MR) is 64.5 cm³/mol. The molecule has 0 atom stereocenters. The fourth-order valence-electron chi connectivity index (χ4n) is 2.12. The van der Waals surface area contributed by atoms with Crippen LogP contribution in [0.4, 0.5) is 8.78 Å². The van der Waals surface area contributed by atoms with Crippen molar-refractivity contribution in [3.63, 3.8) is 0 Å². The lowest BCUT2D eigenvalue weighted by atomic mass is 9.88. The normalized spacial score (nSPS) is 17.6. The number of phenolic OH excluding ortho intramolecular Hbond substituents is 1. The van der Waals surface area contributed by atoms with E-state index in [1.54, 1.807) is 6.07 Å². The van der Waals surface area contributed by atoms with Gasteiger partial charge >= 0.3 is 0 Å². The summed E-state index contributed by atoms with van der Waals surface area (Å²) in [5, 5.41) is 11.9. The van der Waals surface area contributed by atoms with Gasteiger partial charge in [-0.25, -0.2) is 8.78 Å². The first-order chi connectivity index (χ1) is 8.89. The summed E-state index contributed by atoms with van der Waals surface area (Å²) < 4.78 is 30.3. The van der Waals surface area contributed by atoms with Crippen LogP contribution in [0.2, 0.25) is 0 Å². The molecule has 2 rings (SSSR count). The van der Waals surface area contributed by atoms with Crippen LogP contribution in [-0.4, -0.2) is 30.1 Å². The average Bonchev–Trinajstić information content (AvgIpc) is 2.26. The smallest absolute Gasteiger partial charge is 0.252 e. The van der Waals surface area contributed by atoms with Crippen molar-refractivity contribution in [3.8, 4) is 11.5 Å². The van der Waals surface area contributed by atoms with Gasteiger partial charge in [0, 0.05) is 24.4 Å². The summed E-state index contributed by atoms with van der Waals surface area (Å²) in [7, 11) is 1.46. The van der Waals surface area contributed by atoms with Crippen molar-refractivity contribution in [2.45, 2.75) is 31.2 Å². The summed E-state index contributed by atoms with van der Waals surface area (Å²) in [5.74, 6) is -2.50. The SMILES string of the molecule is COc1ccc(O)cc1CC(=O)NC1CC(F)(F)C1. The van der Waals surface area contributed by atoms with Crippen molar-refractivity contribution in [2.75, 3.05) is 7.11 Å². The van der Waals surface area contributed by atoms with Crippen LogP contribution in [0.5, 0.6) is 11.5 Å². The second-order valence-corrected chi connectivity index (χ2v) is 4.70. The molecule has 0 spiro atoms. The molecule has 1 aliphatic carbocycles. The molecule has 1 aliphatic rings. The highest BCUT2D eigenvalue weighted by Crippen LogP contribution is 2.37. The first kappa shape index (κ1) is 13.6. The molecule has 0 aliphatic heterocycles. The number of halogens is 2. The first-order valence-electron chi connectivity index (χ1n) is 5.93. The Balaban J connectivity index is 1.94. The van der Waals surface area contributed by atoms with Crippen molar-refractivity contribution in [1.29, 1.82) is 0 Å². The number of amides is 1. The van der Waals surface area contributed by atoms with Crippen molar-refractivity contribution >= 4 is 5.91 Å². The summed E-state index contributed by atoms with van der Waals surface area (Å²) >= 11 is 0. The first-order valence-corrected chi connectivity index (χ1v) is 5.93. The zero-order valence-corrected chi connectivity index (χ0v) is 10.5. The van der Waals surface area contributed by atoms with Crippen LogP contribution in [0.25, 0.3) is 0 Å². The number of benzene rings is 1. The number of hydrogen-bond acceptors (Lipinski definition) is 3.